The molecular weight excluding hydrogens is 410 g/mol. The maximum atomic E-state index is 13.2. The second kappa shape index (κ2) is 8.11. The van der Waals surface area contributed by atoms with E-state index in [-0.39, 0.29) is 24.1 Å². The first-order valence-electron chi connectivity index (χ1n) is 11.7. The van der Waals surface area contributed by atoms with Gasteiger partial charge in [-0.3, -0.25) is 4.90 Å². The van der Waals surface area contributed by atoms with Crippen molar-refractivity contribution in [3.8, 4) is 16.9 Å². The van der Waals surface area contributed by atoms with Crippen LogP contribution in [0.2, 0.25) is 0 Å². The van der Waals surface area contributed by atoms with Crippen molar-refractivity contribution in [2.24, 2.45) is 0 Å². The van der Waals surface area contributed by atoms with Gasteiger partial charge in [0.1, 0.15) is 12.4 Å². The van der Waals surface area contributed by atoms with Crippen molar-refractivity contribution in [1.82, 2.24) is 4.90 Å². The zero-order valence-corrected chi connectivity index (χ0v) is 18.7. The fourth-order valence-electron chi connectivity index (χ4n) is 5.80. The number of methoxy groups -OCH3 is 1. The number of benzene rings is 3. The number of fused-ring (bicyclic) bond motifs is 5. The molecule has 1 saturated heterocycles. The lowest BCUT2D eigenvalue weighted by Crippen LogP contribution is -2.43. The zero-order chi connectivity index (χ0) is 22.4. The number of amides is 1. The number of carbonyl (C=O) groups is 1. The SMILES string of the molecule is COc1ccc(C2=CC3CCC(C2)N3C(=O)OCC2c3ccccc3-c3ccccc32)cc1. The monoisotopic (exact) mass is 437 g/mol. The molecule has 1 fully saturated rings. The predicted molar refractivity (Wildman–Crippen MR) is 129 cm³/mol. The van der Waals surface area contributed by atoms with Crippen molar-refractivity contribution in [3.05, 3.63) is 95.6 Å². The van der Waals surface area contributed by atoms with Crippen LogP contribution in [-0.4, -0.2) is 36.8 Å². The van der Waals surface area contributed by atoms with E-state index in [0.29, 0.717) is 6.61 Å². The molecule has 33 heavy (non-hydrogen) atoms. The Balaban J connectivity index is 1.19. The summed E-state index contributed by atoms with van der Waals surface area (Å²) in [6.45, 7) is 0.373. The molecule has 2 heterocycles. The highest BCUT2D eigenvalue weighted by molar-refractivity contribution is 5.79. The first-order valence-corrected chi connectivity index (χ1v) is 11.7. The summed E-state index contributed by atoms with van der Waals surface area (Å²) in [7, 11) is 1.68. The van der Waals surface area contributed by atoms with Gasteiger partial charge >= 0.3 is 6.09 Å². The van der Waals surface area contributed by atoms with Crippen LogP contribution in [0, 0.1) is 0 Å². The van der Waals surface area contributed by atoms with Crippen LogP contribution in [-0.2, 0) is 4.74 Å². The van der Waals surface area contributed by atoms with E-state index in [2.05, 4.69) is 66.7 Å². The van der Waals surface area contributed by atoms with Crippen LogP contribution in [0.1, 0.15) is 41.9 Å². The van der Waals surface area contributed by atoms with Gasteiger partial charge in [-0.05, 0) is 64.8 Å². The van der Waals surface area contributed by atoms with E-state index in [1.54, 1.807) is 7.11 Å². The van der Waals surface area contributed by atoms with Gasteiger partial charge in [0.2, 0.25) is 0 Å². The van der Waals surface area contributed by atoms with Crippen LogP contribution < -0.4 is 4.74 Å². The summed E-state index contributed by atoms with van der Waals surface area (Å²) < 4.78 is 11.3. The number of hydrogen-bond acceptors (Lipinski definition) is 3. The van der Waals surface area contributed by atoms with Crippen molar-refractivity contribution in [2.45, 2.75) is 37.3 Å². The Labute approximate surface area is 194 Å². The molecule has 4 heteroatoms. The first-order chi connectivity index (χ1) is 16.2. The van der Waals surface area contributed by atoms with Gasteiger partial charge < -0.3 is 9.47 Å². The highest BCUT2D eigenvalue weighted by Crippen LogP contribution is 2.45. The zero-order valence-electron chi connectivity index (χ0n) is 18.7. The van der Waals surface area contributed by atoms with Crippen molar-refractivity contribution < 1.29 is 14.3 Å². The van der Waals surface area contributed by atoms with Crippen molar-refractivity contribution >= 4 is 11.7 Å². The minimum atomic E-state index is -0.186. The molecule has 6 rings (SSSR count). The van der Waals surface area contributed by atoms with E-state index in [9.17, 15) is 4.79 Å². The average Bonchev–Trinajstić information content (AvgIpc) is 3.33. The van der Waals surface area contributed by atoms with E-state index in [4.69, 9.17) is 9.47 Å². The average molecular weight is 438 g/mol. The van der Waals surface area contributed by atoms with Crippen LogP contribution in [0.3, 0.4) is 0 Å². The minimum Gasteiger partial charge on any atom is -0.497 e. The van der Waals surface area contributed by atoms with E-state index in [0.717, 1.165) is 25.0 Å². The van der Waals surface area contributed by atoms with E-state index < -0.39 is 0 Å². The summed E-state index contributed by atoms with van der Waals surface area (Å²) in [5.41, 5.74) is 7.51. The lowest BCUT2D eigenvalue weighted by molar-refractivity contribution is 0.0866. The maximum absolute atomic E-state index is 13.2. The quantitative estimate of drug-likeness (QED) is 0.483. The van der Waals surface area contributed by atoms with Gasteiger partial charge in [-0.15, -0.1) is 0 Å². The van der Waals surface area contributed by atoms with Gasteiger partial charge in [-0.2, -0.15) is 0 Å². The Morgan fingerprint density at radius 3 is 2.21 bits per heavy atom. The molecule has 0 radical (unpaired) electrons. The Kier molecular flexibility index (Phi) is 4.94. The van der Waals surface area contributed by atoms with Crippen LogP contribution in [0.5, 0.6) is 5.75 Å². The third kappa shape index (κ3) is 3.41. The molecule has 2 aliphatic heterocycles. The van der Waals surface area contributed by atoms with Gasteiger partial charge in [-0.25, -0.2) is 4.79 Å². The van der Waals surface area contributed by atoms with E-state index in [1.807, 2.05) is 17.0 Å². The number of carbonyl (C=O) groups excluding carboxylic acids is 1. The van der Waals surface area contributed by atoms with E-state index >= 15 is 0 Å². The molecule has 0 N–H and O–H groups in total. The summed E-state index contributed by atoms with van der Waals surface area (Å²) in [5.74, 6) is 0.951. The second-order valence-electron chi connectivity index (χ2n) is 9.13. The molecule has 3 aliphatic rings. The molecular formula is C29H27NO3. The molecule has 166 valence electrons. The van der Waals surface area contributed by atoms with Gasteiger partial charge in [0.05, 0.1) is 13.2 Å². The third-order valence-electron chi connectivity index (χ3n) is 7.40. The first kappa shape index (κ1) is 20.1. The van der Waals surface area contributed by atoms with E-state index in [1.165, 1.54) is 33.4 Å². The molecule has 2 bridgehead atoms. The topological polar surface area (TPSA) is 38.8 Å². The Hall–Kier alpha value is -3.53. The van der Waals surface area contributed by atoms with Crippen molar-refractivity contribution in [1.29, 1.82) is 0 Å². The highest BCUT2D eigenvalue weighted by atomic mass is 16.6. The van der Waals surface area contributed by atoms with Crippen molar-refractivity contribution in [2.75, 3.05) is 13.7 Å². The lowest BCUT2D eigenvalue weighted by Gasteiger charge is -2.33. The molecule has 0 saturated carbocycles. The molecule has 4 nitrogen and oxygen atoms in total. The molecule has 1 aliphatic carbocycles. The van der Waals surface area contributed by atoms with Gasteiger partial charge in [0.25, 0.3) is 0 Å². The lowest BCUT2D eigenvalue weighted by atomic mass is 9.95. The van der Waals surface area contributed by atoms with Crippen molar-refractivity contribution in [3.63, 3.8) is 0 Å². The largest absolute Gasteiger partial charge is 0.497 e. The summed E-state index contributed by atoms with van der Waals surface area (Å²) in [6.07, 6.45) is 4.95. The second-order valence-corrected chi connectivity index (χ2v) is 9.13. The number of hydrogen-bond donors (Lipinski definition) is 0. The van der Waals surface area contributed by atoms with Gasteiger partial charge in [0.15, 0.2) is 0 Å². The predicted octanol–water partition coefficient (Wildman–Crippen LogP) is 6.26. The van der Waals surface area contributed by atoms with Crippen LogP contribution >= 0.6 is 0 Å². The maximum Gasteiger partial charge on any atom is 0.410 e. The highest BCUT2D eigenvalue weighted by Gasteiger charge is 2.41. The number of nitrogens with zero attached hydrogens (tertiary/aromatic N) is 1. The summed E-state index contributed by atoms with van der Waals surface area (Å²) in [5, 5.41) is 0. The molecule has 0 aromatic heterocycles. The molecule has 2 atom stereocenters. The number of ether oxygens (including phenoxy) is 2. The molecule has 0 spiro atoms. The Morgan fingerprint density at radius 2 is 1.58 bits per heavy atom. The fraction of sp³-hybridized carbons (Fsp3) is 0.276. The molecule has 3 aromatic rings. The van der Waals surface area contributed by atoms with Gasteiger partial charge in [-0.1, -0.05) is 66.7 Å². The summed E-state index contributed by atoms with van der Waals surface area (Å²) in [6, 6.07) is 25.4. The summed E-state index contributed by atoms with van der Waals surface area (Å²) in [4.78, 5) is 15.2. The van der Waals surface area contributed by atoms with Crippen LogP contribution in [0.15, 0.2) is 78.9 Å². The van der Waals surface area contributed by atoms with Gasteiger partial charge in [0, 0.05) is 12.0 Å². The normalized spacial score (nSPS) is 20.8. The Morgan fingerprint density at radius 1 is 0.909 bits per heavy atom. The smallest absolute Gasteiger partial charge is 0.410 e. The fourth-order valence-corrected chi connectivity index (χ4v) is 5.80. The minimum absolute atomic E-state index is 0.0918. The molecule has 1 amide bonds. The summed E-state index contributed by atoms with van der Waals surface area (Å²) >= 11 is 0. The number of rotatable bonds is 4. The third-order valence-corrected chi connectivity index (χ3v) is 7.40. The van der Waals surface area contributed by atoms with Crippen LogP contribution in [0.25, 0.3) is 16.7 Å². The van der Waals surface area contributed by atoms with Crippen LogP contribution in [0.4, 0.5) is 4.79 Å². The Bertz CT molecular complexity index is 1180. The standard InChI is InChI=1S/C29H27NO3/c1-32-23-14-10-19(11-15-23)20-16-21-12-13-22(17-20)30(21)29(31)33-18-28-26-8-4-2-6-24(26)25-7-3-5-9-27(25)28/h2-11,14-16,21-22,28H,12-13,17-18H2,1H3. The molecule has 2 unspecified atom stereocenters. The molecule has 3 aromatic carbocycles.